The average molecular weight is 386 g/mol. The predicted molar refractivity (Wildman–Crippen MR) is 84.1 cm³/mol. The molecule has 0 bridgehead atoms. The zero-order valence-corrected chi connectivity index (χ0v) is 14.4. The lowest BCUT2D eigenvalue weighted by Gasteiger charge is -2.41. The van der Waals surface area contributed by atoms with E-state index in [1.807, 2.05) is 6.92 Å². The fraction of sp³-hybridized carbons (Fsp3) is 0.846. The number of piperidine rings is 1. The molecule has 1 aliphatic heterocycles. The van der Waals surface area contributed by atoms with Crippen molar-refractivity contribution >= 4 is 39.5 Å². The van der Waals surface area contributed by atoms with Crippen molar-refractivity contribution in [3.05, 3.63) is 0 Å². The van der Waals surface area contributed by atoms with E-state index in [0.29, 0.717) is 38.2 Å². The van der Waals surface area contributed by atoms with Gasteiger partial charge in [0, 0.05) is 19.0 Å². The number of aliphatic hydroxyl groups is 1. The summed E-state index contributed by atoms with van der Waals surface area (Å²) in [5.74, 6) is 0.245. The Kier molecular flexibility index (Phi) is 7.23. The standard InChI is InChI=1S/C13H22BrClN2O4/c1-2-16(11(18)10(14)4-6-15)8-13(21)5-3-7-17(9-13)12(19)20/h10,21H,2-9H2,1H3,(H,19,20). The van der Waals surface area contributed by atoms with Gasteiger partial charge in [-0.2, -0.15) is 0 Å². The highest BCUT2D eigenvalue weighted by Gasteiger charge is 2.38. The normalized spacial score (nSPS) is 23.7. The molecule has 8 heteroatoms. The number of nitrogens with zero attached hydrogens (tertiary/aromatic N) is 2. The van der Waals surface area contributed by atoms with Gasteiger partial charge >= 0.3 is 6.09 Å². The van der Waals surface area contributed by atoms with E-state index >= 15 is 0 Å². The maximum Gasteiger partial charge on any atom is 0.407 e. The Hall–Kier alpha value is -0.530. The van der Waals surface area contributed by atoms with E-state index in [2.05, 4.69) is 15.9 Å². The van der Waals surface area contributed by atoms with Gasteiger partial charge in [0.15, 0.2) is 0 Å². The highest BCUT2D eigenvalue weighted by atomic mass is 79.9. The summed E-state index contributed by atoms with van der Waals surface area (Å²) in [7, 11) is 0. The third-order valence-electron chi connectivity index (χ3n) is 3.63. The highest BCUT2D eigenvalue weighted by molar-refractivity contribution is 9.10. The number of halogens is 2. The second-order valence-electron chi connectivity index (χ2n) is 5.33. The minimum absolute atomic E-state index is 0.0363. The lowest BCUT2D eigenvalue weighted by Crippen LogP contribution is -2.57. The first-order chi connectivity index (χ1) is 9.83. The van der Waals surface area contributed by atoms with Crippen LogP contribution in [0.1, 0.15) is 26.2 Å². The lowest BCUT2D eigenvalue weighted by atomic mass is 9.92. The molecule has 2 unspecified atom stereocenters. The van der Waals surface area contributed by atoms with Gasteiger partial charge in [-0.25, -0.2) is 4.79 Å². The van der Waals surface area contributed by atoms with Crippen molar-refractivity contribution in [1.82, 2.24) is 9.80 Å². The first kappa shape index (κ1) is 18.5. The Morgan fingerprint density at radius 2 is 2.19 bits per heavy atom. The van der Waals surface area contributed by atoms with Gasteiger partial charge in [0.05, 0.1) is 23.5 Å². The number of alkyl halides is 2. The molecular formula is C13H22BrClN2O4. The van der Waals surface area contributed by atoms with E-state index in [0.717, 1.165) is 0 Å². The maximum atomic E-state index is 12.3. The third kappa shape index (κ3) is 5.30. The van der Waals surface area contributed by atoms with E-state index in [4.69, 9.17) is 16.7 Å². The van der Waals surface area contributed by atoms with E-state index in [-0.39, 0.29) is 23.8 Å². The van der Waals surface area contributed by atoms with Gasteiger partial charge in [-0.05, 0) is 26.2 Å². The second-order valence-corrected chi connectivity index (χ2v) is 6.81. The molecule has 2 N–H and O–H groups in total. The number of carbonyl (C=O) groups excluding carboxylic acids is 1. The van der Waals surface area contributed by atoms with Crippen molar-refractivity contribution < 1.29 is 19.8 Å². The molecule has 122 valence electrons. The van der Waals surface area contributed by atoms with Crippen LogP contribution in [-0.2, 0) is 4.79 Å². The summed E-state index contributed by atoms with van der Waals surface area (Å²) in [6.45, 7) is 2.88. The Labute approximate surface area is 138 Å². The fourth-order valence-electron chi connectivity index (χ4n) is 2.52. The molecule has 0 aromatic rings. The number of β-amino-alcohol motifs (C(OH)–C–C–N with tert-alkyl or cyclic N) is 1. The maximum absolute atomic E-state index is 12.3. The number of carboxylic acid groups (broad SMARTS) is 1. The van der Waals surface area contributed by atoms with Crippen LogP contribution in [0.2, 0.25) is 0 Å². The molecule has 1 rings (SSSR count). The van der Waals surface area contributed by atoms with Gasteiger partial charge in [0.25, 0.3) is 0 Å². The van der Waals surface area contributed by atoms with Crippen LogP contribution in [0.5, 0.6) is 0 Å². The Morgan fingerprint density at radius 1 is 1.52 bits per heavy atom. The zero-order chi connectivity index (χ0) is 16.0. The molecule has 0 saturated carbocycles. The van der Waals surface area contributed by atoms with Crippen LogP contribution in [0.4, 0.5) is 4.79 Å². The SMILES string of the molecule is CCN(CC1(O)CCCN(C(=O)O)C1)C(=O)C(Br)CCCl. The van der Waals surface area contributed by atoms with Crippen molar-refractivity contribution in [2.75, 3.05) is 32.1 Å². The molecule has 1 aliphatic rings. The molecule has 1 saturated heterocycles. The first-order valence-electron chi connectivity index (χ1n) is 7.02. The number of rotatable bonds is 6. The number of likely N-dealkylation sites (tertiary alicyclic amines) is 1. The van der Waals surface area contributed by atoms with Gasteiger partial charge in [0.1, 0.15) is 0 Å². The van der Waals surface area contributed by atoms with Gasteiger partial charge in [-0.1, -0.05) is 15.9 Å². The van der Waals surface area contributed by atoms with Crippen LogP contribution in [-0.4, -0.2) is 74.5 Å². The van der Waals surface area contributed by atoms with Crippen LogP contribution in [0.25, 0.3) is 0 Å². The van der Waals surface area contributed by atoms with Crippen LogP contribution >= 0.6 is 27.5 Å². The minimum atomic E-state index is -1.18. The molecule has 1 fully saturated rings. The second kappa shape index (κ2) is 8.19. The molecule has 0 aliphatic carbocycles. The van der Waals surface area contributed by atoms with Crippen molar-refractivity contribution in [2.24, 2.45) is 0 Å². The van der Waals surface area contributed by atoms with Crippen LogP contribution < -0.4 is 0 Å². The Balaban J connectivity index is 2.70. The molecule has 1 heterocycles. The predicted octanol–water partition coefficient (Wildman–Crippen LogP) is 1.73. The highest BCUT2D eigenvalue weighted by Crippen LogP contribution is 2.23. The van der Waals surface area contributed by atoms with Crippen molar-refractivity contribution in [3.63, 3.8) is 0 Å². The first-order valence-corrected chi connectivity index (χ1v) is 8.47. The largest absolute Gasteiger partial charge is 0.465 e. The number of carbonyl (C=O) groups is 2. The summed E-state index contributed by atoms with van der Waals surface area (Å²) in [6.07, 6.45) is 0.552. The van der Waals surface area contributed by atoms with Crippen LogP contribution in [0, 0.1) is 0 Å². The molecular weight excluding hydrogens is 364 g/mol. The smallest absolute Gasteiger partial charge is 0.407 e. The zero-order valence-electron chi connectivity index (χ0n) is 12.1. The van der Waals surface area contributed by atoms with Gasteiger partial charge in [0.2, 0.25) is 5.91 Å². The summed E-state index contributed by atoms with van der Waals surface area (Å²) < 4.78 is 0. The van der Waals surface area contributed by atoms with Crippen LogP contribution in [0.3, 0.4) is 0 Å². The van der Waals surface area contributed by atoms with Gasteiger partial charge in [-0.15, -0.1) is 11.6 Å². The topological polar surface area (TPSA) is 81.1 Å². The van der Waals surface area contributed by atoms with Crippen molar-refractivity contribution in [3.8, 4) is 0 Å². The quantitative estimate of drug-likeness (QED) is 0.682. The molecule has 2 amide bonds. The monoisotopic (exact) mass is 384 g/mol. The van der Waals surface area contributed by atoms with E-state index in [9.17, 15) is 14.7 Å². The molecule has 0 aromatic heterocycles. The molecule has 6 nitrogen and oxygen atoms in total. The molecule has 0 aromatic carbocycles. The van der Waals surface area contributed by atoms with Crippen molar-refractivity contribution in [2.45, 2.75) is 36.6 Å². The fourth-order valence-corrected chi connectivity index (χ4v) is 3.52. The molecule has 2 atom stereocenters. The molecule has 21 heavy (non-hydrogen) atoms. The average Bonchev–Trinajstić information content (AvgIpc) is 2.44. The third-order valence-corrected chi connectivity index (χ3v) is 4.70. The van der Waals surface area contributed by atoms with E-state index in [1.54, 1.807) is 4.90 Å². The van der Waals surface area contributed by atoms with E-state index in [1.165, 1.54) is 4.90 Å². The summed E-state index contributed by atoms with van der Waals surface area (Å²) in [6, 6.07) is 0. The van der Waals surface area contributed by atoms with Gasteiger partial charge < -0.3 is 20.0 Å². The summed E-state index contributed by atoms with van der Waals surface area (Å²) >= 11 is 8.94. The van der Waals surface area contributed by atoms with Crippen LogP contribution in [0.15, 0.2) is 0 Å². The summed E-state index contributed by atoms with van der Waals surface area (Å²) in [5, 5.41) is 19.7. The summed E-state index contributed by atoms with van der Waals surface area (Å²) in [5.41, 5.74) is -1.18. The Bertz CT molecular complexity index is 385. The number of hydrogen-bond acceptors (Lipinski definition) is 3. The number of hydrogen-bond donors (Lipinski definition) is 2. The minimum Gasteiger partial charge on any atom is -0.465 e. The van der Waals surface area contributed by atoms with Gasteiger partial charge in [-0.3, -0.25) is 4.79 Å². The lowest BCUT2D eigenvalue weighted by molar-refractivity contribution is -0.135. The Morgan fingerprint density at radius 3 is 2.71 bits per heavy atom. The molecule has 0 spiro atoms. The summed E-state index contributed by atoms with van der Waals surface area (Å²) in [4.78, 5) is 25.7. The molecule has 0 radical (unpaired) electrons. The number of likely N-dealkylation sites (N-methyl/N-ethyl adjacent to an activating group) is 1. The van der Waals surface area contributed by atoms with E-state index < -0.39 is 11.7 Å². The van der Waals surface area contributed by atoms with Crippen molar-refractivity contribution in [1.29, 1.82) is 0 Å². The number of amides is 2.